The van der Waals surface area contributed by atoms with Crippen molar-refractivity contribution in [1.82, 2.24) is 20.6 Å². The second-order valence-corrected chi connectivity index (χ2v) is 5.86. The topological polar surface area (TPSA) is 96.0 Å². The number of nitrogens with zero attached hydrogens (tertiary/aromatic N) is 2. The molecule has 0 bridgehead atoms. The second kappa shape index (κ2) is 6.23. The molecule has 1 aromatic rings. The molecule has 2 saturated heterocycles. The molecule has 0 radical (unpaired) electrons. The average molecular weight is 305 g/mol. The number of anilines is 1. The Bertz CT molecular complexity index is 598. The summed E-state index contributed by atoms with van der Waals surface area (Å²) >= 11 is 0.881. The average Bonchev–Trinajstić information content (AvgIpc) is 2.78. The van der Waals surface area contributed by atoms with Crippen molar-refractivity contribution in [3.63, 3.8) is 0 Å². The van der Waals surface area contributed by atoms with Crippen molar-refractivity contribution < 1.29 is 9.59 Å². The number of carbonyl (C=O) groups excluding carboxylic acids is 2. The van der Waals surface area contributed by atoms with Crippen LogP contribution in [0.15, 0.2) is 17.2 Å². The van der Waals surface area contributed by atoms with Crippen LogP contribution in [0.2, 0.25) is 0 Å². The zero-order chi connectivity index (χ0) is 14.7. The van der Waals surface area contributed by atoms with Gasteiger partial charge in [-0.15, -0.1) is 0 Å². The lowest BCUT2D eigenvalue weighted by Crippen LogP contribution is -2.38. The minimum Gasteiger partial charge on any atom is -0.350 e. The maximum Gasteiger partial charge on any atom is 0.290 e. The Kier molecular flexibility index (Phi) is 4.16. The lowest BCUT2D eigenvalue weighted by Gasteiger charge is -2.23. The molecule has 7 nitrogen and oxygen atoms in total. The maximum absolute atomic E-state index is 11.5. The Morgan fingerprint density at radius 2 is 2.33 bits per heavy atom. The molecule has 2 fully saturated rings. The van der Waals surface area contributed by atoms with E-state index in [1.165, 1.54) is 0 Å². The van der Waals surface area contributed by atoms with Crippen molar-refractivity contribution in [2.75, 3.05) is 18.4 Å². The van der Waals surface area contributed by atoms with Crippen LogP contribution < -0.4 is 16.0 Å². The van der Waals surface area contributed by atoms with Gasteiger partial charge >= 0.3 is 0 Å². The van der Waals surface area contributed by atoms with Gasteiger partial charge in [-0.25, -0.2) is 9.97 Å². The molecule has 3 rings (SSSR count). The van der Waals surface area contributed by atoms with Crippen molar-refractivity contribution in [2.24, 2.45) is 0 Å². The molecule has 1 unspecified atom stereocenters. The third-order valence-corrected chi connectivity index (χ3v) is 4.04. The quantitative estimate of drug-likeness (QED) is 0.716. The molecule has 21 heavy (non-hydrogen) atoms. The third-order valence-electron chi connectivity index (χ3n) is 3.23. The van der Waals surface area contributed by atoms with Gasteiger partial charge in [0.2, 0.25) is 5.95 Å². The highest BCUT2D eigenvalue weighted by Gasteiger charge is 2.25. The first kappa shape index (κ1) is 14.0. The Balaban J connectivity index is 1.72. The SMILES string of the molecule is O=C1NC(=O)C(=Cc2ccnc(NC3CCCNC3)n2)S1. The summed E-state index contributed by atoms with van der Waals surface area (Å²) in [6.07, 6.45) is 5.43. The molecule has 2 aliphatic heterocycles. The standard InChI is InChI=1S/C13H15N5O2S/c19-11-10(21-13(20)18-11)6-8-3-5-15-12(16-8)17-9-2-1-4-14-7-9/h3,5-6,9,14H,1-2,4,7H2,(H,15,16,17)(H,18,19,20). The van der Waals surface area contributed by atoms with E-state index in [4.69, 9.17) is 0 Å². The Morgan fingerprint density at radius 1 is 1.43 bits per heavy atom. The van der Waals surface area contributed by atoms with Gasteiger partial charge in [-0.05, 0) is 43.3 Å². The number of hydrogen-bond donors (Lipinski definition) is 3. The zero-order valence-electron chi connectivity index (χ0n) is 11.3. The smallest absolute Gasteiger partial charge is 0.290 e. The Labute approximate surface area is 126 Å². The molecule has 0 aliphatic carbocycles. The maximum atomic E-state index is 11.5. The van der Waals surface area contributed by atoms with Crippen molar-refractivity contribution in [3.05, 3.63) is 22.9 Å². The van der Waals surface area contributed by atoms with Gasteiger partial charge in [0, 0.05) is 18.8 Å². The number of aromatic nitrogens is 2. The number of imide groups is 1. The van der Waals surface area contributed by atoms with Crippen LogP contribution >= 0.6 is 11.8 Å². The number of nitrogens with one attached hydrogen (secondary N) is 3. The highest BCUT2D eigenvalue weighted by atomic mass is 32.2. The van der Waals surface area contributed by atoms with Crippen LogP contribution in [0.5, 0.6) is 0 Å². The summed E-state index contributed by atoms with van der Waals surface area (Å²) in [5.41, 5.74) is 0.601. The molecule has 3 N–H and O–H groups in total. The van der Waals surface area contributed by atoms with Crippen molar-refractivity contribution in [1.29, 1.82) is 0 Å². The van der Waals surface area contributed by atoms with E-state index in [2.05, 4.69) is 25.9 Å². The molecular weight excluding hydrogens is 290 g/mol. The van der Waals surface area contributed by atoms with E-state index < -0.39 is 0 Å². The minimum absolute atomic E-state index is 0.312. The fraction of sp³-hybridized carbons (Fsp3) is 0.385. The van der Waals surface area contributed by atoms with Gasteiger partial charge in [0.25, 0.3) is 11.1 Å². The van der Waals surface area contributed by atoms with Crippen LogP contribution in [0.3, 0.4) is 0 Å². The third kappa shape index (κ3) is 3.59. The summed E-state index contributed by atoms with van der Waals surface area (Å²) in [6, 6.07) is 2.01. The molecule has 8 heteroatoms. The number of thioether (sulfide) groups is 1. The highest BCUT2D eigenvalue weighted by molar-refractivity contribution is 8.18. The molecule has 2 aliphatic rings. The molecule has 0 spiro atoms. The van der Waals surface area contributed by atoms with E-state index >= 15 is 0 Å². The summed E-state index contributed by atoms with van der Waals surface area (Å²) in [5.74, 6) is 0.155. The van der Waals surface area contributed by atoms with Crippen LogP contribution in [0, 0.1) is 0 Å². The van der Waals surface area contributed by atoms with Crippen molar-refractivity contribution >= 4 is 34.9 Å². The number of piperidine rings is 1. The summed E-state index contributed by atoms with van der Waals surface area (Å²) in [4.78, 5) is 31.5. The normalized spacial score (nSPS) is 24.2. The Morgan fingerprint density at radius 3 is 3.05 bits per heavy atom. The molecule has 1 atom stereocenters. The van der Waals surface area contributed by atoms with E-state index in [1.807, 2.05) is 0 Å². The largest absolute Gasteiger partial charge is 0.350 e. The van der Waals surface area contributed by atoms with Gasteiger partial charge in [0.1, 0.15) is 0 Å². The van der Waals surface area contributed by atoms with Crippen LogP contribution in [0.4, 0.5) is 10.7 Å². The van der Waals surface area contributed by atoms with E-state index in [9.17, 15) is 9.59 Å². The molecule has 110 valence electrons. The van der Waals surface area contributed by atoms with E-state index in [0.29, 0.717) is 22.6 Å². The molecule has 0 saturated carbocycles. The van der Waals surface area contributed by atoms with Gasteiger partial charge in [-0.1, -0.05) is 0 Å². The van der Waals surface area contributed by atoms with Gasteiger partial charge in [-0.3, -0.25) is 14.9 Å². The highest BCUT2D eigenvalue weighted by Crippen LogP contribution is 2.25. The first-order valence-corrected chi connectivity index (χ1v) is 7.57. The van der Waals surface area contributed by atoms with E-state index in [-0.39, 0.29) is 11.1 Å². The van der Waals surface area contributed by atoms with Crippen molar-refractivity contribution in [2.45, 2.75) is 18.9 Å². The first-order valence-electron chi connectivity index (χ1n) is 6.76. The van der Waals surface area contributed by atoms with Crippen LogP contribution in [0.1, 0.15) is 18.5 Å². The van der Waals surface area contributed by atoms with Crippen LogP contribution in [-0.2, 0) is 4.79 Å². The lowest BCUT2D eigenvalue weighted by molar-refractivity contribution is -0.115. The Hall–Kier alpha value is -1.93. The van der Waals surface area contributed by atoms with E-state index in [1.54, 1.807) is 18.3 Å². The van der Waals surface area contributed by atoms with Gasteiger partial charge < -0.3 is 10.6 Å². The molecule has 0 aromatic carbocycles. The second-order valence-electron chi connectivity index (χ2n) is 4.84. The number of hydrogen-bond acceptors (Lipinski definition) is 7. The first-order chi connectivity index (χ1) is 10.2. The van der Waals surface area contributed by atoms with Gasteiger partial charge in [0.15, 0.2) is 0 Å². The predicted molar refractivity (Wildman–Crippen MR) is 80.7 cm³/mol. The molecule has 1 aromatic heterocycles. The number of carbonyl (C=O) groups is 2. The fourth-order valence-corrected chi connectivity index (χ4v) is 2.90. The van der Waals surface area contributed by atoms with Crippen molar-refractivity contribution in [3.8, 4) is 0 Å². The monoisotopic (exact) mass is 305 g/mol. The summed E-state index contributed by atoms with van der Waals surface area (Å²) < 4.78 is 0. The summed E-state index contributed by atoms with van der Waals surface area (Å²) in [6.45, 7) is 1.94. The van der Waals surface area contributed by atoms with Gasteiger partial charge in [-0.2, -0.15) is 0 Å². The zero-order valence-corrected chi connectivity index (χ0v) is 12.1. The molecular formula is C13H15N5O2S. The minimum atomic E-state index is -0.380. The van der Waals surface area contributed by atoms with E-state index in [0.717, 1.165) is 37.7 Å². The fourth-order valence-electron chi connectivity index (χ4n) is 2.24. The number of amides is 2. The predicted octanol–water partition coefficient (Wildman–Crippen LogP) is 0.964. The molecule has 3 heterocycles. The van der Waals surface area contributed by atoms with Crippen LogP contribution in [-0.4, -0.2) is 40.2 Å². The summed E-state index contributed by atoms with van der Waals surface area (Å²) in [5, 5.41) is 8.46. The molecule has 2 amide bonds. The van der Waals surface area contributed by atoms with Crippen LogP contribution in [0.25, 0.3) is 6.08 Å². The lowest BCUT2D eigenvalue weighted by atomic mass is 10.1. The summed E-state index contributed by atoms with van der Waals surface area (Å²) in [7, 11) is 0. The number of rotatable bonds is 3. The van der Waals surface area contributed by atoms with Gasteiger partial charge in [0.05, 0.1) is 10.6 Å².